The van der Waals surface area contributed by atoms with E-state index in [1.54, 1.807) is 55.6 Å². The highest BCUT2D eigenvalue weighted by Gasteiger charge is 2.15. The van der Waals surface area contributed by atoms with Gasteiger partial charge in [-0.3, -0.25) is 9.59 Å². The lowest BCUT2D eigenvalue weighted by atomic mass is 10.1. The van der Waals surface area contributed by atoms with Crippen LogP contribution < -0.4 is 20.3 Å². The molecule has 1 amide bonds. The Kier molecular flexibility index (Phi) is 5.17. The molecule has 0 radical (unpaired) electrons. The van der Waals surface area contributed by atoms with Gasteiger partial charge in [-0.05, 0) is 30.3 Å². The number of amides is 1. The van der Waals surface area contributed by atoms with Crippen LogP contribution in [-0.2, 0) is 7.05 Å². The summed E-state index contributed by atoms with van der Waals surface area (Å²) in [4.78, 5) is 24.6. The molecule has 3 aromatic rings. The second-order valence-electron chi connectivity index (χ2n) is 5.60. The molecule has 26 heavy (non-hydrogen) atoms. The Morgan fingerprint density at radius 3 is 2.42 bits per heavy atom. The summed E-state index contributed by atoms with van der Waals surface area (Å²) >= 11 is 0. The Balaban J connectivity index is 1.64. The standard InChI is InChI=1S/C19H19N3O4/c1-22-19(24)16-6-4-3-5-15(16)17(21-22)18(23)20-11-12-26-14-9-7-13(25-2)8-10-14/h3-10H,11-12H2,1-2H3,(H,20,23). The first-order valence-corrected chi connectivity index (χ1v) is 8.11. The zero-order chi connectivity index (χ0) is 18.5. The van der Waals surface area contributed by atoms with E-state index in [2.05, 4.69) is 10.4 Å². The van der Waals surface area contributed by atoms with Gasteiger partial charge in [-0.15, -0.1) is 0 Å². The molecule has 134 valence electrons. The van der Waals surface area contributed by atoms with Gasteiger partial charge in [0.15, 0.2) is 5.69 Å². The Hall–Kier alpha value is -3.35. The Labute approximate surface area is 150 Å². The van der Waals surface area contributed by atoms with E-state index in [0.717, 1.165) is 5.75 Å². The van der Waals surface area contributed by atoms with Gasteiger partial charge in [0.05, 0.1) is 19.0 Å². The van der Waals surface area contributed by atoms with Gasteiger partial charge in [0.25, 0.3) is 11.5 Å². The van der Waals surface area contributed by atoms with Crippen LogP contribution in [0, 0.1) is 0 Å². The first-order valence-electron chi connectivity index (χ1n) is 8.11. The molecule has 1 N–H and O–H groups in total. The molecule has 7 heteroatoms. The Bertz CT molecular complexity index is 980. The molecule has 0 saturated heterocycles. The number of nitrogens with one attached hydrogen (secondary N) is 1. The fourth-order valence-electron chi connectivity index (χ4n) is 2.56. The lowest BCUT2D eigenvalue weighted by molar-refractivity contribution is 0.0941. The number of hydrogen-bond acceptors (Lipinski definition) is 5. The van der Waals surface area contributed by atoms with Crippen molar-refractivity contribution in [2.75, 3.05) is 20.3 Å². The third kappa shape index (κ3) is 3.66. The predicted molar refractivity (Wildman–Crippen MR) is 97.8 cm³/mol. The van der Waals surface area contributed by atoms with E-state index in [0.29, 0.717) is 29.7 Å². The van der Waals surface area contributed by atoms with E-state index in [-0.39, 0.29) is 17.2 Å². The molecule has 0 saturated carbocycles. The van der Waals surface area contributed by atoms with Crippen molar-refractivity contribution in [3.05, 3.63) is 64.6 Å². The molecule has 1 aromatic heterocycles. The quantitative estimate of drug-likeness (QED) is 0.683. The zero-order valence-corrected chi connectivity index (χ0v) is 14.6. The Morgan fingerprint density at radius 2 is 1.73 bits per heavy atom. The minimum absolute atomic E-state index is 0.215. The number of fused-ring (bicyclic) bond motifs is 1. The first-order chi connectivity index (χ1) is 12.6. The van der Waals surface area contributed by atoms with Crippen LogP contribution in [0.1, 0.15) is 10.5 Å². The smallest absolute Gasteiger partial charge is 0.274 e. The summed E-state index contributed by atoms with van der Waals surface area (Å²) < 4.78 is 11.8. The molecule has 0 unspecified atom stereocenters. The number of rotatable bonds is 6. The number of carbonyl (C=O) groups excluding carboxylic acids is 1. The number of methoxy groups -OCH3 is 1. The molecule has 0 aliphatic rings. The van der Waals surface area contributed by atoms with Crippen molar-refractivity contribution in [3.63, 3.8) is 0 Å². The van der Waals surface area contributed by atoms with Crippen molar-refractivity contribution in [2.45, 2.75) is 0 Å². The van der Waals surface area contributed by atoms with Gasteiger partial charge in [0.1, 0.15) is 18.1 Å². The van der Waals surface area contributed by atoms with Crippen molar-refractivity contribution in [3.8, 4) is 11.5 Å². The van der Waals surface area contributed by atoms with E-state index < -0.39 is 0 Å². The molecule has 2 aromatic carbocycles. The summed E-state index contributed by atoms with van der Waals surface area (Å²) in [6.45, 7) is 0.617. The number of ether oxygens (including phenoxy) is 2. The monoisotopic (exact) mass is 353 g/mol. The molecular formula is C19H19N3O4. The molecule has 7 nitrogen and oxygen atoms in total. The molecule has 0 fully saturated rings. The van der Waals surface area contributed by atoms with Crippen LogP contribution in [0.3, 0.4) is 0 Å². The zero-order valence-electron chi connectivity index (χ0n) is 14.6. The molecular weight excluding hydrogens is 334 g/mol. The van der Waals surface area contributed by atoms with E-state index in [1.807, 2.05) is 0 Å². The largest absolute Gasteiger partial charge is 0.497 e. The van der Waals surface area contributed by atoms with E-state index in [9.17, 15) is 9.59 Å². The van der Waals surface area contributed by atoms with Crippen LogP contribution in [0.25, 0.3) is 10.8 Å². The topological polar surface area (TPSA) is 82.4 Å². The fourth-order valence-corrected chi connectivity index (χ4v) is 2.56. The first kappa shape index (κ1) is 17.5. The van der Waals surface area contributed by atoms with Gasteiger partial charge in [0, 0.05) is 12.4 Å². The highest BCUT2D eigenvalue weighted by molar-refractivity contribution is 6.04. The lowest BCUT2D eigenvalue weighted by Crippen LogP contribution is -2.31. The van der Waals surface area contributed by atoms with Crippen LogP contribution in [0.4, 0.5) is 0 Å². The van der Waals surface area contributed by atoms with Crippen molar-refractivity contribution < 1.29 is 14.3 Å². The van der Waals surface area contributed by atoms with Gasteiger partial charge in [-0.2, -0.15) is 5.10 Å². The molecule has 0 bridgehead atoms. The second kappa shape index (κ2) is 7.69. The number of benzene rings is 2. The molecule has 0 atom stereocenters. The van der Waals surface area contributed by atoms with Crippen molar-refractivity contribution in [1.82, 2.24) is 15.1 Å². The van der Waals surface area contributed by atoms with Crippen LogP contribution in [0.5, 0.6) is 11.5 Å². The average molecular weight is 353 g/mol. The lowest BCUT2D eigenvalue weighted by Gasteiger charge is -2.10. The molecule has 1 heterocycles. The molecule has 0 aliphatic heterocycles. The number of nitrogens with zero attached hydrogens (tertiary/aromatic N) is 2. The molecule has 0 spiro atoms. The number of hydrogen-bond donors (Lipinski definition) is 1. The van der Waals surface area contributed by atoms with Crippen LogP contribution >= 0.6 is 0 Å². The van der Waals surface area contributed by atoms with Gasteiger partial charge < -0.3 is 14.8 Å². The normalized spacial score (nSPS) is 10.5. The van der Waals surface area contributed by atoms with Gasteiger partial charge in [-0.25, -0.2) is 4.68 Å². The minimum Gasteiger partial charge on any atom is -0.497 e. The van der Waals surface area contributed by atoms with Gasteiger partial charge in [-0.1, -0.05) is 18.2 Å². The third-order valence-corrected chi connectivity index (χ3v) is 3.89. The van der Waals surface area contributed by atoms with Crippen LogP contribution in [0.15, 0.2) is 53.3 Å². The summed E-state index contributed by atoms with van der Waals surface area (Å²) in [6, 6.07) is 14.1. The van der Waals surface area contributed by atoms with E-state index in [1.165, 1.54) is 11.7 Å². The van der Waals surface area contributed by atoms with E-state index in [4.69, 9.17) is 9.47 Å². The van der Waals surface area contributed by atoms with Crippen molar-refractivity contribution in [1.29, 1.82) is 0 Å². The maximum Gasteiger partial charge on any atom is 0.274 e. The summed E-state index contributed by atoms with van der Waals surface area (Å²) in [7, 11) is 3.13. The molecule has 3 rings (SSSR count). The van der Waals surface area contributed by atoms with Gasteiger partial charge >= 0.3 is 0 Å². The van der Waals surface area contributed by atoms with Crippen molar-refractivity contribution >= 4 is 16.7 Å². The third-order valence-electron chi connectivity index (χ3n) is 3.89. The summed E-state index contributed by atoms with van der Waals surface area (Å²) in [6.07, 6.45) is 0. The van der Waals surface area contributed by atoms with Crippen LogP contribution in [0.2, 0.25) is 0 Å². The summed E-state index contributed by atoms with van der Waals surface area (Å²) in [5.74, 6) is 1.08. The summed E-state index contributed by atoms with van der Waals surface area (Å²) in [5.41, 5.74) is -0.0212. The predicted octanol–water partition coefficient (Wildman–Crippen LogP) is 1.75. The highest BCUT2D eigenvalue weighted by atomic mass is 16.5. The summed E-state index contributed by atoms with van der Waals surface area (Å²) in [5, 5.41) is 7.85. The number of aryl methyl sites for hydroxylation is 1. The number of carbonyl (C=O) groups is 1. The highest BCUT2D eigenvalue weighted by Crippen LogP contribution is 2.17. The van der Waals surface area contributed by atoms with Crippen molar-refractivity contribution in [2.24, 2.45) is 7.05 Å². The number of aromatic nitrogens is 2. The average Bonchev–Trinajstić information content (AvgIpc) is 2.68. The molecule has 0 aliphatic carbocycles. The van der Waals surface area contributed by atoms with Crippen LogP contribution in [-0.4, -0.2) is 35.9 Å². The maximum atomic E-state index is 12.5. The van der Waals surface area contributed by atoms with Gasteiger partial charge in [0.2, 0.25) is 0 Å². The minimum atomic E-state index is -0.352. The second-order valence-corrected chi connectivity index (χ2v) is 5.60. The Morgan fingerprint density at radius 1 is 1.08 bits per heavy atom. The van der Waals surface area contributed by atoms with E-state index >= 15 is 0 Å². The maximum absolute atomic E-state index is 12.5. The fraction of sp³-hybridized carbons (Fsp3) is 0.211. The SMILES string of the molecule is COc1ccc(OCCNC(=O)c2nn(C)c(=O)c3ccccc23)cc1.